The average molecular weight is 465 g/mol. The van der Waals surface area contributed by atoms with Gasteiger partial charge in [0.2, 0.25) is 5.91 Å². The summed E-state index contributed by atoms with van der Waals surface area (Å²) in [4.78, 5) is 26.1. The molecule has 1 aromatic carbocycles. The molecule has 2 N–H and O–H groups in total. The van der Waals surface area contributed by atoms with Gasteiger partial charge in [0.1, 0.15) is 18.0 Å². The van der Waals surface area contributed by atoms with Gasteiger partial charge in [-0.05, 0) is 55.7 Å². The van der Waals surface area contributed by atoms with Crippen LogP contribution in [0.15, 0.2) is 36.7 Å². The second kappa shape index (κ2) is 11.0. The summed E-state index contributed by atoms with van der Waals surface area (Å²) in [5.74, 6) is 2.56. The van der Waals surface area contributed by atoms with Crippen molar-refractivity contribution in [3.63, 3.8) is 0 Å². The lowest BCUT2D eigenvalue weighted by atomic mass is 9.93. The van der Waals surface area contributed by atoms with Gasteiger partial charge in [-0.25, -0.2) is 9.97 Å². The minimum Gasteiger partial charge on any atom is -0.378 e. The van der Waals surface area contributed by atoms with Crippen LogP contribution < -0.4 is 20.4 Å². The number of nitrogens with one attached hydrogen (secondary N) is 2. The number of aromatic nitrogens is 2. The van der Waals surface area contributed by atoms with E-state index < -0.39 is 0 Å². The molecule has 1 saturated carbocycles. The molecule has 1 aromatic heterocycles. The van der Waals surface area contributed by atoms with E-state index in [1.807, 2.05) is 0 Å². The first-order valence-corrected chi connectivity index (χ1v) is 12.7. The Bertz CT molecular complexity index is 943. The number of piperidine rings is 1. The van der Waals surface area contributed by atoms with E-state index in [1.165, 1.54) is 24.9 Å². The molecule has 0 bridgehead atoms. The fraction of sp³-hybridized carbons (Fsp3) is 0.577. The van der Waals surface area contributed by atoms with Crippen LogP contribution in [0.4, 0.5) is 17.3 Å². The van der Waals surface area contributed by atoms with Crippen molar-refractivity contribution in [2.24, 2.45) is 5.92 Å². The summed E-state index contributed by atoms with van der Waals surface area (Å²) in [5, 5.41) is 6.55. The van der Waals surface area contributed by atoms with Crippen LogP contribution in [0.3, 0.4) is 0 Å². The number of hydrogen-bond donors (Lipinski definition) is 2. The molecule has 3 fully saturated rings. The Morgan fingerprint density at radius 3 is 2.65 bits per heavy atom. The highest BCUT2D eigenvalue weighted by atomic mass is 16.5. The largest absolute Gasteiger partial charge is 0.378 e. The molecule has 3 heterocycles. The van der Waals surface area contributed by atoms with Crippen molar-refractivity contribution in [2.75, 3.05) is 54.5 Å². The average Bonchev–Trinajstić information content (AvgIpc) is 3.71. The number of rotatable bonds is 9. The van der Waals surface area contributed by atoms with E-state index in [-0.39, 0.29) is 5.91 Å². The summed E-state index contributed by atoms with van der Waals surface area (Å²) in [6.07, 6.45) is 7.91. The molecule has 182 valence electrons. The molecule has 5 rings (SSSR count). The van der Waals surface area contributed by atoms with E-state index in [1.54, 1.807) is 6.33 Å². The quantitative estimate of drug-likeness (QED) is 0.590. The predicted octanol–water partition coefficient (Wildman–Crippen LogP) is 3.20. The minimum atomic E-state index is 0.132. The monoisotopic (exact) mass is 464 g/mol. The van der Waals surface area contributed by atoms with Gasteiger partial charge in [-0.2, -0.15) is 0 Å². The topological polar surface area (TPSA) is 82.6 Å². The first kappa shape index (κ1) is 22.9. The molecular formula is C26H36N6O2. The number of morpholine rings is 1. The van der Waals surface area contributed by atoms with Crippen molar-refractivity contribution in [1.29, 1.82) is 0 Å². The van der Waals surface area contributed by atoms with Crippen LogP contribution in [0, 0.1) is 5.92 Å². The van der Waals surface area contributed by atoms with Gasteiger partial charge in [-0.1, -0.05) is 12.1 Å². The first-order chi connectivity index (χ1) is 16.7. The van der Waals surface area contributed by atoms with Gasteiger partial charge < -0.3 is 25.2 Å². The van der Waals surface area contributed by atoms with Gasteiger partial charge in [0.15, 0.2) is 0 Å². The van der Waals surface area contributed by atoms with Gasteiger partial charge in [-0.15, -0.1) is 0 Å². The minimum absolute atomic E-state index is 0.132. The Morgan fingerprint density at radius 1 is 1.03 bits per heavy atom. The summed E-state index contributed by atoms with van der Waals surface area (Å²) in [7, 11) is 0. The van der Waals surface area contributed by atoms with Crippen LogP contribution in [0.2, 0.25) is 0 Å². The molecule has 34 heavy (non-hydrogen) atoms. The lowest BCUT2D eigenvalue weighted by Crippen LogP contribution is -2.36. The van der Waals surface area contributed by atoms with E-state index in [2.05, 4.69) is 60.7 Å². The van der Waals surface area contributed by atoms with Crippen LogP contribution in [0.1, 0.15) is 44.1 Å². The smallest absolute Gasteiger partial charge is 0.220 e. The second-order valence-electron chi connectivity index (χ2n) is 9.72. The Balaban J connectivity index is 1.05. The zero-order valence-corrected chi connectivity index (χ0v) is 19.9. The lowest BCUT2D eigenvalue weighted by molar-refractivity contribution is -0.121. The first-order valence-electron chi connectivity index (χ1n) is 12.7. The van der Waals surface area contributed by atoms with Gasteiger partial charge in [-0.3, -0.25) is 4.79 Å². The maximum Gasteiger partial charge on any atom is 0.220 e. The third-order valence-corrected chi connectivity index (χ3v) is 7.01. The van der Waals surface area contributed by atoms with Gasteiger partial charge in [0.05, 0.1) is 13.2 Å². The highest BCUT2D eigenvalue weighted by Gasteiger charge is 2.24. The van der Waals surface area contributed by atoms with Crippen LogP contribution >= 0.6 is 0 Å². The Hall–Kier alpha value is -2.87. The zero-order valence-electron chi connectivity index (χ0n) is 19.9. The van der Waals surface area contributed by atoms with E-state index in [4.69, 9.17) is 4.74 Å². The summed E-state index contributed by atoms with van der Waals surface area (Å²) < 4.78 is 5.42. The standard InChI is InChI=1S/C26H36N6O2/c33-26(27-17-20-3-8-23(9-4-20)31-12-14-34-15-13-31)10-5-21-2-1-11-32(18-21)25-16-24(28-19-29-25)30-22-6-7-22/h3-4,8-9,16,19,21-22H,1-2,5-7,10-15,17-18H2,(H,27,33)(H,28,29,30). The SMILES string of the molecule is O=C(CCC1CCCN(c2cc(NC3CC3)ncn2)C1)NCc1ccc(N2CCOCC2)cc1. The molecule has 8 nitrogen and oxygen atoms in total. The fourth-order valence-electron chi connectivity index (χ4n) is 4.81. The molecule has 1 amide bonds. The highest BCUT2D eigenvalue weighted by molar-refractivity contribution is 5.75. The summed E-state index contributed by atoms with van der Waals surface area (Å²) in [6, 6.07) is 11.1. The van der Waals surface area contributed by atoms with Crippen molar-refractivity contribution < 1.29 is 9.53 Å². The van der Waals surface area contributed by atoms with Crippen molar-refractivity contribution in [3.05, 3.63) is 42.2 Å². The molecule has 3 aliphatic rings. The third-order valence-electron chi connectivity index (χ3n) is 7.01. The van der Waals surface area contributed by atoms with E-state index >= 15 is 0 Å². The lowest BCUT2D eigenvalue weighted by Gasteiger charge is -2.33. The van der Waals surface area contributed by atoms with Crippen LogP contribution in [-0.4, -0.2) is 61.3 Å². The normalized spacial score (nSPS) is 20.8. The van der Waals surface area contributed by atoms with E-state index in [0.717, 1.165) is 69.4 Å². The number of anilines is 3. The molecule has 1 unspecified atom stereocenters. The molecule has 1 atom stereocenters. The van der Waals surface area contributed by atoms with Crippen LogP contribution in [0.25, 0.3) is 0 Å². The second-order valence-corrected chi connectivity index (χ2v) is 9.72. The number of nitrogens with zero attached hydrogens (tertiary/aromatic N) is 4. The van der Waals surface area contributed by atoms with E-state index in [9.17, 15) is 4.79 Å². The van der Waals surface area contributed by atoms with Crippen molar-refractivity contribution >= 4 is 23.2 Å². The number of amides is 1. The fourth-order valence-corrected chi connectivity index (χ4v) is 4.81. The van der Waals surface area contributed by atoms with Gasteiger partial charge >= 0.3 is 0 Å². The summed E-state index contributed by atoms with van der Waals surface area (Å²) >= 11 is 0. The van der Waals surface area contributed by atoms with Gasteiger partial charge in [0, 0.05) is 56.9 Å². The number of ether oxygens (including phenoxy) is 1. The Morgan fingerprint density at radius 2 is 1.85 bits per heavy atom. The number of carbonyl (C=O) groups excluding carboxylic acids is 1. The zero-order chi connectivity index (χ0) is 23.2. The molecule has 2 aromatic rings. The summed E-state index contributed by atoms with van der Waals surface area (Å²) in [6.45, 7) is 5.99. The highest BCUT2D eigenvalue weighted by Crippen LogP contribution is 2.28. The molecule has 8 heteroatoms. The summed E-state index contributed by atoms with van der Waals surface area (Å²) in [5.41, 5.74) is 2.35. The Kier molecular flexibility index (Phi) is 7.43. The maximum absolute atomic E-state index is 12.5. The molecular weight excluding hydrogens is 428 g/mol. The van der Waals surface area contributed by atoms with Crippen molar-refractivity contribution in [3.8, 4) is 0 Å². The van der Waals surface area contributed by atoms with Crippen LogP contribution in [0.5, 0.6) is 0 Å². The molecule has 0 spiro atoms. The number of benzene rings is 1. The van der Waals surface area contributed by atoms with Crippen LogP contribution in [-0.2, 0) is 16.1 Å². The van der Waals surface area contributed by atoms with Crippen molar-refractivity contribution in [2.45, 2.75) is 51.1 Å². The molecule has 0 radical (unpaired) electrons. The molecule has 2 aliphatic heterocycles. The Labute approximate surface area is 202 Å². The number of carbonyl (C=O) groups is 1. The number of hydrogen-bond acceptors (Lipinski definition) is 7. The van der Waals surface area contributed by atoms with E-state index in [0.29, 0.717) is 24.9 Å². The molecule has 1 aliphatic carbocycles. The van der Waals surface area contributed by atoms with Gasteiger partial charge in [0.25, 0.3) is 0 Å². The molecule has 2 saturated heterocycles. The predicted molar refractivity (Wildman–Crippen MR) is 134 cm³/mol. The van der Waals surface area contributed by atoms with Crippen molar-refractivity contribution in [1.82, 2.24) is 15.3 Å². The third kappa shape index (κ3) is 6.38. The maximum atomic E-state index is 12.5.